The summed E-state index contributed by atoms with van der Waals surface area (Å²) in [5.41, 5.74) is 4.50. The molecule has 4 heteroatoms. The van der Waals surface area contributed by atoms with Crippen LogP contribution >= 0.6 is 0 Å². The second kappa shape index (κ2) is 3.65. The summed E-state index contributed by atoms with van der Waals surface area (Å²) in [6, 6.07) is 7.59. The molecule has 4 rings (SSSR count). The lowest BCUT2D eigenvalue weighted by atomic mass is 9.96. The average Bonchev–Trinajstić information content (AvgIpc) is 2.96. The Morgan fingerprint density at radius 2 is 2.00 bits per heavy atom. The number of nitrogens with one attached hydrogen (secondary N) is 2. The van der Waals surface area contributed by atoms with Crippen LogP contribution in [0.5, 0.6) is 0 Å². The standard InChI is InChI=1S/C14H14FN3/c15-9-3-1-8(2-4-9)14-13-11-6-5-10(16-11)7-12(13)17-18-14/h1-4,10-11,16H,5-7H2,(H,17,18)/t10-,11-/m0/s1. The summed E-state index contributed by atoms with van der Waals surface area (Å²) in [7, 11) is 0. The normalized spacial score (nSPS) is 25.2. The third kappa shape index (κ3) is 1.42. The van der Waals surface area contributed by atoms with Crippen molar-refractivity contribution < 1.29 is 4.39 Å². The van der Waals surface area contributed by atoms with E-state index in [9.17, 15) is 4.39 Å². The molecule has 2 bridgehead atoms. The van der Waals surface area contributed by atoms with Gasteiger partial charge < -0.3 is 5.32 Å². The summed E-state index contributed by atoms with van der Waals surface area (Å²) in [5.74, 6) is -0.206. The Balaban J connectivity index is 1.83. The Hall–Kier alpha value is -1.68. The van der Waals surface area contributed by atoms with Gasteiger partial charge in [-0.25, -0.2) is 4.39 Å². The van der Waals surface area contributed by atoms with E-state index in [4.69, 9.17) is 0 Å². The highest BCUT2D eigenvalue weighted by atomic mass is 19.1. The summed E-state index contributed by atoms with van der Waals surface area (Å²) in [6.45, 7) is 0. The van der Waals surface area contributed by atoms with Gasteiger partial charge in [-0.05, 0) is 37.1 Å². The predicted octanol–water partition coefficient (Wildman–Crippen LogP) is 2.56. The molecule has 18 heavy (non-hydrogen) atoms. The minimum atomic E-state index is -0.206. The fraction of sp³-hybridized carbons (Fsp3) is 0.357. The van der Waals surface area contributed by atoms with Crippen LogP contribution in [0, 0.1) is 5.82 Å². The van der Waals surface area contributed by atoms with Gasteiger partial charge in [0, 0.05) is 35.3 Å². The van der Waals surface area contributed by atoms with E-state index in [1.807, 2.05) is 0 Å². The summed E-state index contributed by atoms with van der Waals surface area (Å²) >= 11 is 0. The maximum absolute atomic E-state index is 13.0. The maximum Gasteiger partial charge on any atom is 0.123 e. The van der Waals surface area contributed by atoms with Crippen LogP contribution in [0.15, 0.2) is 24.3 Å². The van der Waals surface area contributed by atoms with Crippen molar-refractivity contribution in [2.45, 2.75) is 31.3 Å². The Labute approximate surface area is 104 Å². The average molecular weight is 243 g/mol. The van der Waals surface area contributed by atoms with Gasteiger partial charge >= 0.3 is 0 Å². The molecular formula is C14H14FN3. The van der Waals surface area contributed by atoms with Crippen molar-refractivity contribution in [3.8, 4) is 11.3 Å². The van der Waals surface area contributed by atoms with Gasteiger partial charge in [-0.15, -0.1) is 0 Å². The van der Waals surface area contributed by atoms with Crippen molar-refractivity contribution in [3.05, 3.63) is 41.3 Å². The Morgan fingerprint density at radius 3 is 2.83 bits per heavy atom. The molecule has 0 unspecified atom stereocenters. The molecule has 3 nitrogen and oxygen atoms in total. The zero-order valence-corrected chi connectivity index (χ0v) is 9.91. The second-order valence-electron chi connectivity index (χ2n) is 5.17. The van der Waals surface area contributed by atoms with Crippen LogP contribution in [0.4, 0.5) is 4.39 Å². The van der Waals surface area contributed by atoms with Crippen LogP contribution < -0.4 is 5.32 Å². The minimum absolute atomic E-state index is 0.206. The van der Waals surface area contributed by atoms with Crippen LogP contribution in [-0.4, -0.2) is 16.2 Å². The quantitative estimate of drug-likeness (QED) is 0.808. The smallest absolute Gasteiger partial charge is 0.123 e. The lowest BCUT2D eigenvalue weighted by Gasteiger charge is -2.21. The lowest BCUT2D eigenvalue weighted by molar-refractivity contribution is 0.511. The van der Waals surface area contributed by atoms with E-state index in [0.29, 0.717) is 12.1 Å². The van der Waals surface area contributed by atoms with Crippen LogP contribution in [0.3, 0.4) is 0 Å². The van der Waals surface area contributed by atoms with Gasteiger partial charge in [0.1, 0.15) is 5.82 Å². The molecule has 0 amide bonds. The van der Waals surface area contributed by atoms with Crippen molar-refractivity contribution in [1.29, 1.82) is 0 Å². The Bertz CT molecular complexity index is 588. The molecule has 92 valence electrons. The number of fused-ring (bicyclic) bond motifs is 4. The first-order valence-corrected chi connectivity index (χ1v) is 6.40. The number of H-pyrrole nitrogens is 1. The predicted molar refractivity (Wildman–Crippen MR) is 66.6 cm³/mol. The Morgan fingerprint density at radius 1 is 1.17 bits per heavy atom. The molecule has 0 aliphatic carbocycles. The van der Waals surface area contributed by atoms with Crippen molar-refractivity contribution in [2.75, 3.05) is 0 Å². The number of hydrogen-bond acceptors (Lipinski definition) is 2. The number of hydrogen-bond donors (Lipinski definition) is 2. The molecule has 2 aliphatic heterocycles. The third-order valence-corrected chi connectivity index (χ3v) is 4.04. The fourth-order valence-electron chi connectivity index (χ4n) is 3.20. The molecule has 1 fully saturated rings. The van der Waals surface area contributed by atoms with Gasteiger partial charge in [0.25, 0.3) is 0 Å². The first kappa shape index (κ1) is 10.3. The molecule has 3 heterocycles. The lowest BCUT2D eigenvalue weighted by Crippen LogP contribution is -2.31. The number of nitrogens with zero attached hydrogens (tertiary/aromatic N) is 1. The van der Waals surface area contributed by atoms with Crippen molar-refractivity contribution in [2.24, 2.45) is 0 Å². The van der Waals surface area contributed by atoms with E-state index in [2.05, 4.69) is 15.5 Å². The van der Waals surface area contributed by atoms with Crippen LogP contribution in [0.2, 0.25) is 0 Å². The first-order chi connectivity index (χ1) is 8.81. The Kier molecular flexibility index (Phi) is 2.08. The molecule has 2 aliphatic rings. The topological polar surface area (TPSA) is 40.7 Å². The van der Waals surface area contributed by atoms with Crippen LogP contribution in [-0.2, 0) is 6.42 Å². The molecule has 2 atom stereocenters. The van der Waals surface area contributed by atoms with E-state index in [0.717, 1.165) is 17.7 Å². The van der Waals surface area contributed by atoms with Crippen LogP contribution in [0.25, 0.3) is 11.3 Å². The maximum atomic E-state index is 13.0. The number of benzene rings is 1. The van der Waals surface area contributed by atoms with Gasteiger partial charge in [0.15, 0.2) is 0 Å². The largest absolute Gasteiger partial charge is 0.307 e. The summed E-state index contributed by atoms with van der Waals surface area (Å²) in [4.78, 5) is 0. The van der Waals surface area contributed by atoms with E-state index < -0.39 is 0 Å². The molecule has 1 aromatic heterocycles. The molecule has 0 saturated carbocycles. The number of aromatic amines is 1. The molecule has 1 saturated heterocycles. The molecule has 1 aromatic carbocycles. The molecule has 2 N–H and O–H groups in total. The van der Waals surface area contributed by atoms with Gasteiger partial charge in [-0.1, -0.05) is 0 Å². The van der Waals surface area contributed by atoms with Crippen LogP contribution in [0.1, 0.15) is 30.1 Å². The highest BCUT2D eigenvalue weighted by Crippen LogP contribution is 2.39. The van der Waals surface area contributed by atoms with Gasteiger partial charge in [-0.3, -0.25) is 5.10 Å². The second-order valence-corrected chi connectivity index (χ2v) is 5.17. The highest BCUT2D eigenvalue weighted by Gasteiger charge is 2.35. The minimum Gasteiger partial charge on any atom is -0.307 e. The summed E-state index contributed by atoms with van der Waals surface area (Å²) in [5, 5.41) is 11.2. The van der Waals surface area contributed by atoms with Gasteiger partial charge in [0.2, 0.25) is 0 Å². The summed E-state index contributed by atoms with van der Waals surface area (Å²) in [6.07, 6.45) is 3.43. The molecule has 2 aromatic rings. The van der Waals surface area contributed by atoms with E-state index in [1.54, 1.807) is 12.1 Å². The zero-order valence-electron chi connectivity index (χ0n) is 9.91. The molecule has 0 spiro atoms. The van der Waals surface area contributed by atoms with Crippen molar-refractivity contribution >= 4 is 0 Å². The SMILES string of the molecule is Fc1ccc(-c2n[nH]c3c2[C@@H]2CC[C@@H](C3)N2)cc1. The molecule has 0 radical (unpaired) electrons. The third-order valence-electron chi connectivity index (χ3n) is 4.04. The number of rotatable bonds is 1. The van der Waals surface area contributed by atoms with Crippen molar-refractivity contribution in [3.63, 3.8) is 0 Å². The summed E-state index contributed by atoms with van der Waals surface area (Å²) < 4.78 is 13.0. The number of halogens is 1. The van der Waals surface area contributed by atoms with E-state index in [-0.39, 0.29) is 5.82 Å². The van der Waals surface area contributed by atoms with Crippen molar-refractivity contribution in [1.82, 2.24) is 15.5 Å². The monoisotopic (exact) mass is 243 g/mol. The first-order valence-electron chi connectivity index (χ1n) is 6.40. The molecular weight excluding hydrogens is 229 g/mol. The van der Waals surface area contributed by atoms with E-state index in [1.165, 1.54) is 36.2 Å². The highest BCUT2D eigenvalue weighted by molar-refractivity contribution is 5.65. The zero-order chi connectivity index (χ0) is 12.1. The fourth-order valence-corrected chi connectivity index (χ4v) is 3.20. The van der Waals surface area contributed by atoms with Gasteiger partial charge in [-0.2, -0.15) is 5.10 Å². The van der Waals surface area contributed by atoms with E-state index >= 15 is 0 Å². The number of aromatic nitrogens is 2. The van der Waals surface area contributed by atoms with Gasteiger partial charge in [0.05, 0.1) is 5.69 Å².